The van der Waals surface area contributed by atoms with Gasteiger partial charge in [0.2, 0.25) is 0 Å². The molecule has 0 heterocycles. The zero-order chi connectivity index (χ0) is 20.8. The van der Waals surface area contributed by atoms with Gasteiger partial charge in [0.05, 0.1) is 13.2 Å². The maximum absolute atomic E-state index is 14.5. The van der Waals surface area contributed by atoms with Gasteiger partial charge in [0.1, 0.15) is 5.82 Å². The molecule has 0 aliphatic carbocycles. The molecule has 0 radical (unpaired) electrons. The molecule has 2 unspecified atom stereocenters. The molecule has 0 saturated heterocycles. The smallest absolute Gasteiger partial charge is 0.131 e. The molecule has 0 aromatic heterocycles. The fraction of sp³-hybridized carbons (Fsp3) is 0.250. The van der Waals surface area contributed by atoms with Crippen LogP contribution >= 0.6 is 18.5 Å². The van der Waals surface area contributed by atoms with Crippen molar-refractivity contribution in [2.24, 2.45) is 0 Å². The summed E-state index contributed by atoms with van der Waals surface area (Å²) in [5.74, 6) is -0.192. The van der Waals surface area contributed by atoms with Gasteiger partial charge >= 0.3 is 0 Å². The molecule has 0 aliphatic rings. The van der Waals surface area contributed by atoms with Crippen LogP contribution in [0.25, 0.3) is 22.3 Å². The van der Waals surface area contributed by atoms with Gasteiger partial charge < -0.3 is 9.47 Å². The highest BCUT2D eigenvalue weighted by atomic mass is 31.0. The van der Waals surface area contributed by atoms with Crippen molar-refractivity contribution in [1.82, 2.24) is 0 Å². The summed E-state index contributed by atoms with van der Waals surface area (Å²) in [7, 11) is 8.80. The lowest BCUT2D eigenvalue weighted by Crippen LogP contribution is -2.01. The maximum Gasteiger partial charge on any atom is 0.131 e. The second-order valence-corrected chi connectivity index (χ2v) is 7.77. The SMILES string of the molecule is COCc1cc(CP)cc(COC)c1-c1ccc(-c2ccc(CP)cc2F)cc1. The van der Waals surface area contributed by atoms with Crippen LogP contribution in [0, 0.1) is 5.82 Å². The third kappa shape index (κ3) is 5.11. The monoisotopic (exact) mass is 428 g/mol. The van der Waals surface area contributed by atoms with E-state index >= 15 is 0 Å². The van der Waals surface area contributed by atoms with E-state index in [0.29, 0.717) is 18.8 Å². The van der Waals surface area contributed by atoms with Crippen LogP contribution < -0.4 is 0 Å². The molecule has 0 saturated carbocycles. The molecule has 0 aliphatic heterocycles. The zero-order valence-corrected chi connectivity index (χ0v) is 19.2. The van der Waals surface area contributed by atoms with Gasteiger partial charge in [-0.2, -0.15) is 0 Å². The summed E-state index contributed by atoms with van der Waals surface area (Å²) in [5, 5.41) is 0. The molecule has 3 aromatic carbocycles. The second-order valence-electron chi connectivity index (χ2n) is 6.95. The molecule has 3 rings (SSSR count). The van der Waals surface area contributed by atoms with Crippen molar-refractivity contribution in [3.63, 3.8) is 0 Å². The number of rotatable bonds is 8. The fourth-order valence-corrected chi connectivity index (χ4v) is 4.09. The molecule has 3 aromatic rings. The maximum atomic E-state index is 14.5. The lowest BCUT2D eigenvalue weighted by Gasteiger charge is -2.17. The van der Waals surface area contributed by atoms with Gasteiger partial charge in [-0.3, -0.25) is 0 Å². The van der Waals surface area contributed by atoms with E-state index in [1.54, 1.807) is 20.3 Å². The first-order valence-corrected chi connectivity index (χ1v) is 11.2. The van der Waals surface area contributed by atoms with Crippen LogP contribution in [0.5, 0.6) is 0 Å². The Hall–Kier alpha value is -1.63. The number of hydrogen-bond donors (Lipinski definition) is 0. The number of methoxy groups -OCH3 is 2. The topological polar surface area (TPSA) is 18.5 Å². The molecule has 0 bridgehead atoms. The van der Waals surface area contributed by atoms with Crippen LogP contribution in [0.15, 0.2) is 54.6 Å². The Morgan fingerprint density at radius 3 is 1.76 bits per heavy atom. The highest BCUT2D eigenvalue weighted by molar-refractivity contribution is 7.15. The van der Waals surface area contributed by atoms with E-state index in [1.807, 2.05) is 36.4 Å². The Kier molecular flexibility index (Phi) is 7.92. The molecule has 2 atom stereocenters. The molecule has 0 amide bonds. The Bertz CT molecular complexity index is 944. The van der Waals surface area contributed by atoms with Crippen molar-refractivity contribution in [2.75, 3.05) is 14.2 Å². The van der Waals surface area contributed by atoms with Crippen LogP contribution in [-0.4, -0.2) is 14.2 Å². The minimum Gasteiger partial charge on any atom is -0.380 e. The molecule has 29 heavy (non-hydrogen) atoms. The van der Waals surface area contributed by atoms with E-state index in [0.717, 1.165) is 45.7 Å². The number of ether oxygens (including phenoxy) is 2. The summed E-state index contributed by atoms with van der Waals surface area (Å²) < 4.78 is 25.4. The molecule has 5 heteroatoms. The average molecular weight is 428 g/mol. The summed E-state index contributed by atoms with van der Waals surface area (Å²) in [6, 6.07) is 17.8. The van der Waals surface area contributed by atoms with Gasteiger partial charge in [-0.1, -0.05) is 48.5 Å². The third-order valence-corrected chi connectivity index (χ3v) is 5.89. The number of hydrogen-bond acceptors (Lipinski definition) is 2. The van der Waals surface area contributed by atoms with Crippen LogP contribution in [0.4, 0.5) is 4.39 Å². The molecule has 0 N–H and O–H groups in total. The predicted molar refractivity (Wildman–Crippen MR) is 126 cm³/mol. The lowest BCUT2D eigenvalue weighted by molar-refractivity contribution is 0.180. The molecule has 2 nitrogen and oxygen atoms in total. The minimum atomic E-state index is -0.192. The predicted octanol–water partition coefficient (Wildman–Crippen LogP) is 6.20. The van der Waals surface area contributed by atoms with Gasteiger partial charge in [0, 0.05) is 19.8 Å². The van der Waals surface area contributed by atoms with E-state index in [2.05, 4.69) is 30.6 Å². The van der Waals surface area contributed by atoms with Crippen LogP contribution in [-0.2, 0) is 35.0 Å². The van der Waals surface area contributed by atoms with Crippen LogP contribution in [0.3, 0.4) is 0 Å². The number of benzene rings is 3. The Balaban J connectivity index is 2.05. The standard InChI is InChI=1S/C24H27FO2P2/c1-26-12-20-9-17(15-29)10-21(13-27-2)24(20)19-6-4-18(5-7-19)22-8-3-16(14-28)11-23(22)25/h3-11H,12-15,28-29H2,1-2H3. The Labute approximate surface area is 177 Å². The van der Waals surface area contributed by atoms with Crippen molar-refractivity contribution in [2.45, 2.75) is 25.5 Å². The third-order valence-electron chi connectivity index (χ3n) is 4.95. The van der Waals surface area contributed by atoms with Gasteiger partial charge in [0.25, 0.3) is 0 Å². The first kappa shape index (κ1) is 22.1. The molecular formula is C24H27FO2P2. The molecule has 0 spiro atoms. The Morgan fingerprint density at radius 2 is 1.28 bits per heavy atom. The van der Waals surface area contributed by atoms with Gasteiger partial charge in [-0.25, -0.2) is 4.39 Å². The quantitative estimate of drug-likeness (QED) is 0.398. The van der Waals surface area contributed by atoms with E-state index in [-0.39, 0.29) is 5.82 Å². The van der Waals surface area contributed by atoms with E-state index in [9.17, 15) is 4.39 Å². The van der Waals surface area contributed by atoms with Crippen molar-refractivity contribution in [3.8, 4) is 22.3 Å². The van der Waals surface area contributed by atoms with Gasteiger partial charge in [-0.15, -0.1) is 18.5 Å². The summed E-state index contributed by atoms with van der Waals surface area (Å²) in [6.07, 6.45) is 1.62. The highest BCUT2D eigenvalue weighted by Crippen LogP contribution is 2.33. The second kappa shape index (κ2) is 10.4. The van der Waals surface area contributed by atoms with Crippen LogP contribution in [0.1, 0.15) is 22.3 Å². The summed E-state index contributed by atoms with van der Waals surface area (Å²) in [6.45, 7) is 1.05. The first-order valence-electron chi connectivity index (χ1n) is 9.53. The normalized spacial score (nSPS) is 11.1. The first-order chi connectivity index (χ1) is 14.1. The lowest BCUT2D eigenvalue weighted by atomic mass is 9.91. The fourth-order valence-electron chi connectivity index (χ4n) is 3.60. The number of halogens is 1. The molecule has 0 fully saturated rings. The summed E-state index contributed by atoms with van der Waals surface area (Å²) in [5.41, 5.74) is 8.13. The zero-order valence-electron chi connectivity index (χ0n) is 16.9. The van der Waals surface area contributed by atoms with E-state index in [4.69, 9.17) is 9.47 Å². The van der Waals surface area contributed by atoms with Crippen molar-refractivity contribution >= 4 is 18.5 Å². The van der Waals surface area contributed by atoms with E-state index in [1.165, 1.54) is 5.56 Å². The molecular weight excluding hydrogens is 401 g/mol. The van der Waals surface area contributed by atoms with E-state index < -0.39 is 0 Å². The van der Waals surface area contributed by atoms with Crippen molar-refractivity contribution in [3.05, 3.63) is 82.7 Å². The summed E-state index contributed by atoms with van der Waals surface area (Å²) in [4.78, 5) is 0. The Morgan fingerprint density at radius 1 is 0.724 bits per heavy atom. The molecule has 152 valence electrons. The van der Waals surface area contributed by atoms with Gasteiger partial charge in [0.15, 0.2) is 0 Å². The summed E-state index contributed by atoms with van der Waals surface area (Å²) >= 11 is 0. The van der Waals surface area contributed by atoms with Crippen LogP contribution in [0.2, 0.25) is 0 Å². The van der Waals surface area contributed by atoms with Crippen molar-refractivity contribution < 1.29 is 13.9 Å². The van der Waals surface area contributed by atoms with Crippen molar-refractivity contribution in [1.29, 1.82) is 0 Å². The average Bonchev–Trinajstić information content (AvgIpc) is 2.74. The largest absolute Gasteiger partial charge is 0.380 e. The highest BCUT2D eigenvalue weighted by Gasteiger charge is 2.14. The minimum absolute atomic E-state index is 0.192. The van der Waals surface area contributed by atoms with Gasteiger partial charge in [-0.05, 0) is 57.3 Å².